The summed E-state index contributed by atoms with van der Waals surface area (Å²) in [5.41, 5.74) is 6.93. The summed E-state index contributed by atoms with van der Waals surface area (Å²) < 4.78 is 21.2. The van der Waals surface area contributed by atoms with E-state index in [4.69, 9.17) is 4.52 Å². The molecule has 0 atom stereocenters. The Balaban J connectivity index is 1.71. The lowest BCUT2D eigenvalue weighted by Gasteiger charge is -2.11. The first-order chi connectivity index (χ1) is 13.0. The standard InChI is InChI=1S/C22H20FN3O/c1-14-4-6-18(22-15(2)25-27-16(22)3)12-19(14)10-17-5-7-20(23)21(11-17)26-9-8-24-13-26/h4-9,11-13H,10H2,1-3H3. The maximum absolute atomic E-state index is 14.2. The van der Waals surface area contributed by atoms with E-state index in [0.29, 0.717) is 12.1 Å². The van der Waals surface area contributed by atoms with E-state index in [2.05, 4.69) is 35.3 Å². The third-order valence-electron chi connectivity index (χ3n) is 4.86. The summed E-state index contributed by atoms with van der Waals surface area (Å²) in [5.74, 6) is 0.546. The molecular weight excluding hydrogens is 341 g/mol. The van der Waals surface area contributed by atoms with Crippen LogP contribution < -0.4 is 0 Å². The largest absolute Gasteiger partial charge is 0.361 e. The minimum atomic E-state index is -0.266. The second-order valence-corrected chi connectivity index (χ2v) is 6.77. The zero-order chi connectivity index (χ0) is 19.0. The first-order valence-corrected chi connectivity index (χ1v) is 8.82. The number of hydrogen-bond donors (Lipinski definition) is 0. The van der Waals surface area contributed by atoms with Gasteiger partial charge in [0, 0.05) is 18.0 Å². The van der Waals surface area contributed by atoms with Crippen molar-refractivity contribution >= 4 is 0 Å². The van der Waals surface area contributed by atoms with E-state index in [-0.39, 0.29) is 5.82 Å². The molecule has 2 aromatic heterocycles. The highest BCUT2D eigenvalue weighted by Gasteiger charge is 2.13. The molecule has 5 heteroatoms. The van der Waals surface area contributed by atoms with E-state index in [1.807, 2.05) is 26.0 Å². The summed E-state index contributed by atoms with van der Waals surface area (Å²) in [7, 11) is 0. The van der Waals surface area contributed by atoms with Crippen molar-refractivity contribution < 1.29 is 8.91 Å². The molecule has 0 saturated carbocycles. The molecule has 0 spiro atoms. The van der Waals surface area contributed by atoms with Crippen LogP contribution in [0.5, 0.6) is 0 Å². The number of imidazole rings is 1. The summed E-state index contributed by atoms with van der Waals surface area (Å²) >= 11 is 0. The maximum Gasteiger partial charge on any atom is 0.147 e. The van der Waals surface area contributed by atoms with Gasteiger partial charge >= 0.3 is 0 Å². The molecule has 0 aliphatic carbocycles. The highest BCUT2D eigenvalue weighted by atomic mass is 19.1. The lowest BCUT2D eigenvalue weighted by atomic mass is 9.94. The molecule has 0 N–H and O–H groups in total. The molecule has 27 heavy (non-hydrogen) atoms. The van der Waals surface area contributed by atoms with Gasteiger partial charge in [0.2, 0.25) is 0 Å². The quantitative estimate of drug-likeness (QED) is 0.503. The van der Waals surface area contributed by atoms with Gasteiger partial charge < -0.3 is 9.09 Å². The van der Waals surface area contributed by atoms with Gasteiger partial charge in [-0.25, -0.2) is 9.37 Å². The topological polar surface area (TPSA) is 43.9 Å². The fourth-order valence-corrected chi connectivity index (χ4v) is 3.40. The average molecular weight is 361 g/mol. The lowest BCUT2D eigenvalue weighted by Crippen LogP contribution is -1.99. The second kappa shape index (κ2) is 6.83. The van der Waals surface area contributed by atoms with Crippen LogP contribution in [-0.2, 0) is 6.42 Å². The van der Waals surface area contributed by atoms with Crippen LogP contribution in [0.15, 0.2) is 59.6 Å². The van der Waals surface area contributed by atoms with Crippen molar-refractivity contribution in [2.75, 3.05) is 0 Å². The van der Waals surface area contributed by atoms with Gasteiger partial charge in [-0.1, -0.05) is 29.4 Å². The van der Waals surface area contributed by atoms with Crippen LogP contribution in [0.25, 0.3) is 16.8 Å². The van der Waals surface area contributed by atoms with Crippen LogP contribution in [0, 0.1) is 26.6 Å². The minimum absolute atomic E-state index is 0.266. The van der Waals surface area contributed by atoms with E-state index >= 15 is 0 Å². The van der Waals surface area contributed by atoms with E-state index in [1.165, 1.54) is 17.2 Å². The predicted molar refractivity (Wildman–Crippen MR) is 102 cm³/mol. The number of rotatable bonds is 4. The van der Waals surface area contributed by atoms with Crippen molar-refractivity contribution in [1.29, 1.82) is 0 Å². The molecule has 0 aliphatic heterocycles. The van der Waals surface area contributed by atoms with Crippen molar-refractivity contribution in [3.63, 3.8) is 0 Å². The average Bonchev–Trinajstić information content (AvgIpc) is 3.29. The smallest absolute Gasteiger partial charge is 0.147 e. The van der Waals surface area contributed by atoms with E-state index < -0.39 is 0 Å². The summed E-state index contributed by atoms with van der Waals surface area (Å²) in [4.78, 5) is 4.01. The Kier molecular flexibility index (Phi) is 4.36. The number of benzene rings is 2. The van der Waals surface area contributed by atoms with Crippen LogP contribution in [0.2, 0.25) is 0 Å². The molecule has 0 radical (unpaired) electrons. The number of nitrogens with zero attached hydrogens (tertiary/aromatic N) is 3. The fraction of sp³-hybridized carbons (Fsp3) is 0.182. The fourth-order valence-electron chi connectivity index (χ4n) is 3.40. The van der Waals surface area contributed by atoms with Gasteiger partial charge in [0.25, 0.3) is 0 Å². The number of aromatic nitrogens is 3. The molecule has 0 fully saturated rings. The van der Waals surface area contributed by atoms with Gasteiger partial charge in [-0.2, -0.15) is 0 Å². The van der Waals surface area contributed by atoms with Crippen LogP contribution in [0.1, 0.15) is 28.1 Å². The molecule has 2 aromatic carbocycles. The molecule has 4 aromatic rings. The van der Waals surface area contributed by atoms with Gasteiger partial charge in [0.15, 0.2) is 0 Å². The summed E-state index contributed by atoms with van der Waals surface area (Å²) in [5, 5.41) is 4.05. The molecule has 0 amide bonds. The zero-order valence-electron chi connectivity index (χ0n) is 15.5. The number of hydrogen-bond acceptors (Lipinski definition) is 3. The van der Waals surface area contributed by atoms with Crippen molar-refractivity contribution in [3.05, 3.63) is 89.1 Å². The van der Waals surface area contributed by atoms with E-state index in [9.17, 15) is 4.39 Å². The molecule has 2 heterocycles. The van der Waals surface area contributed by atoms with Gasteiger partial charge in [0.05, 0.1) is 17.7 Å². The molecule has 0 bridgehead atoms. The van der Waals surface area contributed by atoms with Crippen molar-refractivity contribution in [2.24, 2.45) is 0 Å². The van der Waals surface area contributed by atoms with Crippen molar-refractivity contribution in [2.45, 2.75) is 27.2 Å². The van der Waals surface area contributed by atoms with Crippen LogP contribution >= 0.6 is 0 Å². The normalized spacial score (nSPS) is 11.1. The lowest BCUT2D eigenvalue weighted by molar-refractivity contribution is 0.393. The van der Waals surface area contributed by atoms with Gasteiger partial charge in [-0.15, -0.1) is 0 Å². The monoisotopic (exact) mass is 361 g/mol. The van der Waals surface area contributed by atoms with Crippen molar-refractivity contribution in [1.82, 2.24) is 14.7 Å². The van der Waals surface area contributed by atoms with Gasteiger partial charge in [-0.3, -0.25) is 0 Å². The Morgan fingerprint density at radius 2 is 1.93 bits per heavy atom. The number of aryl methyl sites for hydroxylation is 3. The van der Waals surface area contributed by atoms with Crippen LogP contribution in [0.3, 0.4) is 0 Å². The van der Waals surface area contributed by atoms with E-state index in [1.54, 1.807) is 23.3 Å². The third kappa shape index (κ3) is 3.28. The third-order valence-corrected chi connectivity index (χ3v) is 4.86. The minimum Gasteiger partial charge on any atom is -0.361 e. The Labute approximate surface area is 157 Å². The van der Waals surface area contributed by atoms with Gasteiger partial charge in [0.1, 0.15) is 11.6 Å². The van der Waals surface area contributed by atoms with Crippen molar-refractivity contribution in [3.8, 4) is 16.8 Å². The molecule has 0 aliphatic rings. The summed E-state index contributed by atoms with van der Waals surface area (Å²) in [6.07, 6.45) is 5.70. The van der Waals surface area contributed by atoms with Crippen LogP contribution in [0.4, 0.5) is 4.39 Å². The molecule has 136 valence electrons. The molecule has 0 saturated heterocycles. The summed E-state index contributed by atoms with van der Waals surface area (Å²) in [6.45, 7) is 5.96. The first kappa shape index (κ1) is 17.2. The Morgan fingerprint density at radius 1 is 1.07 bits per heavy atom. The van der Waals surface area contributed by atoms with Crippen LogP contribution in [-0.4, -0.2) is 14.7 Å². The molecule has 4 nitrogen and oxygen atoms in total. The molecular formula is C22H20FN3O. The van der Waals surface area contributed by atoms with E-state index in [0.717, 1.165) is 28.1 Å². The molecule has 0 unspecified atom stereocenters. The maximum atomic E-state index is 14.2. The molecule has 4 rings (SSSR count). The number of halogens is 1. The Bertz CT molecular complexity index is 1080. The van der Waals surface area contributed by atoms with Gasteiger partial charge in [-0.05, 0) is 61.6 Å². The SMILES string of the molecule is Cc1ccc(-c2c(C)noc2C)cc1Cc1ccc(F)c(-n2ccnc2)c1. The highest BCUT2D eigenvalue weighted by molar-refractivity contribution is 5.69. The first-order valence-electron chi connectivity index (χ1n) is 8.82. The summed E-state index contributed by atoms with van der Waals surface area (Å²) in [6, 6.07) is 11.6. The second-order valence-electron chi connectivity index (χ2n) is 6.77. The Morgan fingerprint density at radius 3 is 2.63 bits per heavy atom. The Hall–Kier alpha value is -3.21. The zero-order valence-corrected chi connectivity index (χ0v) is 15.5. The predicted octanol–water partition coefficient (Wildman–Crippen LogP) is 5.18. The highest BCUT2D eigenvalue weighted by Crippen LogP contribution is 2.29.